The van der Waals surface area contributed by atoms with Crippen LogP contribution in [0.25, 0.3) is 0 Å². The first kappa shape index (κ1) is 113. The molecule has 18 radical (unpaired) electrons. The van der Waals surface area contributed by atoms with E-state index in [1.807, 2.05) is 0 Å². The quantitative estimate of drug-likeness (QED) is 0.0614. The summed E-state index contributed by atoms with van der Waals surface area (Å²) in [5, 5.41) is 102. The van der Waals surface area contributed by atoms with Gasteiger partial charge in [0.1, 0.15) is 0 Å². The number of aliphatic hydroxyl groups excluding tert-OH is 6. The van der Waals surface area contributed by atoms with E-state index in [1.165, 1.54) is 97.2 Å². The molecule has 0 fully saturated rings. The van der Waals surface area contributed by atoms with Crippen LogP contribution in [0.3, 0.4) is 0 Å². The summed E-state index contributed by atoms with van der Waals surface area (Å²) >= 11 is 9.53. The van der Waals surface area contributed by atoms with Crippen molar-refractivity contribution in [2.45, 2.75) is 64.4 Å². The average molecular weight is 2120 g/mol. The minimum atomic E-state index is -1.45. The van der Waals surface area contributed by atoms with E-state index in [2.05, 4.69) is 212 Å². The maximum atomic E-state index is 8.52. The number of rotatable bonds is 12. The molecule has 0 aliphatic rings. The van der Waals surface area contributed by atoms with Crippen LogP contribution in [0, 0.1) is 0 Å². The Morgan fingerprint density at radius 1 is 0.167 bits per heavy atom. The number of hydrogen-bond donors (Lipinski definition) is 12. The van der Waals surface area contributed by atoms with Crippen LogP contribution in [-0.2, 0) is 26.6 Å². The first-order valence-electron chi connectivity index (χ1n) is 31.2. The Labute approximate surface area is 711 Å². The van der Waals surface area contributed by atoms with Crippen molar-refractivity contribution in [3.8, 4) is 0 Å². The third-order valence-electron chi connectivity index (χ3n) is 12.0. The predicted molar refractivity (Wildman–Crippen MR) is 426 cm³/mol. The normalized spacial score (nSPS) is 9.11. The number of hydrogen-bond acceptors (Lipinski definition) is 18. The van der Waals surface area contributed by atoms with E-state index in [1.54, 1.807) is 244 Å². The summed E-state index contributed by atoms with van der Waals surface area (Å²) in [5.74, 6) is 0. The molecule has 0 aliphatic heterocycles. The molecule has 0 aliphatic carbocycles. The van der Waals surface area contributed by atoms with Crippen LogP contribution in [0.15, 0.2) is 328 Å². The Bertz CT molecular complexity index is 3100. The van der Waals surface area contributed by atoms with Crippen LogP contribution >= 0.6 is 0 Å². The Kier molecular flexibility index (Phi) is 81.7. The van der Waals surface area contributed by atoms with E-state index >= 15 is 0 Å². The number of aliphatic hydroxyl groups is 12. The van der Waals surface area contributed by atoms with Gasteiger partial charge in [0.2, 0.25) is 0 Å². The molecule has 0 unspecified atom stereocenters. The molecular formula is C78H96N6O18Sn6. The molecule has 0 bridgehead atoms. The fraction of sp³-hybridized carbons (Fsp3) is 0.154. The molecule has 570 valence electrons. The van der Waals surface area contributed by atoms with Crippen molar-refractivity contribution in [3.63, 3.8) is 0 Å². The summed E-state index contributed by atoms with van der Waals surface area (Å²) in [6.45, 7) is 0. The summed E-state index contributed by atoms with van der Waals surface area (Å²) in [7, 11) is 0. The molecule has 0 amide bonds. The molecule has 12 aromatic rings. The second-order valence-corrected chi connectivity index (χ2v) is 25.8. The third kappa shape index (κ3) is 62.0. The second-order valence-electron chi connectivity index (χ2n) is 19.7. The van der Waals surface area contributed by atoms with Gasteiger partial charge in [-0.2, -0.15) is 0 Å². The van der Waals surface area contributed by atoms with Crippen molar-refractivity contribution >= 4 is 135 Å². The van der Waals surface area contributed by atoms with Crippen molar-refractivity contribution in [1.29, 1.82) is 0 Å². The van der Waals surface area contributed by atoms with Crippen molar-refractivity contribution in [2.24, 2.45) is 0 Å². The Morgan fingerprint density at radius 3 is 0.324 bits per heavy atom. The van der Waals surface area contributed by atoms with E-state index in [0.717, 1.165) is 0 Å². The van der Waals surface area contributed by atoms with Gasteiger partial charge in [0, 0.05) is 37.2 Å². The van der Waals surface area contributed by atoms with Crippen molar-refractivity contribution in [1.82, 2.24) is 29.9 Å². The molecule has 0 atom stereocenters. The van der Waals surface area contributed by atoms with Crippen LogP contribution in [-0.4, -0.2) is 259 Å². The van der Waals surface area contributed by atoms with Gasteiger partial charge in [0.15, 0.2) is 37.7 Å². The predicted octanol–water partition coefficient (Wildman–Crippen LogP) is 3.57. The molecule has 0 saturated heterocycles. The zero-order chi connectivity index (χ0) is 75.1. The molecule has 24 nitrogen and oxygen atoms in total. The van der Waals surface area contributed by atoms with Gasteiger partial charge in [0.05, 0.1) is 34.2 Å². The monoisotopic (exact) mass is 2120 g/mol. The first-order chi connectivity index (χ1) is 49.4. The summed E-state index contributed by atoms with van der Waals surface area (Å²) in [4.78, 5) is 22.1. The van der Waals surface area contributed by atoms with Gasteiger partial charge in [-0.15, -0.1) is 0 Å². The van der Waals surface area contributed by atoms with Gasteiger partial charge in [-0.25, -0.2) is 0 Å². The van der Waals surface area contributed by atoms with Gasteiger partial charge in [-0.1, -0.05) is 36.4 Å². The fourth-order valence-electron chi connectivity index (χ4n) is 6.75. The molecule has 6 aromatic carbocycles. The van der Waals surface area contributed by atoms with Crippen molar-refractivity contribution in [3.05, 3.63) is 396 Å². The van der Waals surface area contributed by atoms with Gasteiger partial charge < -0.3 is 94.1 Å². The van der Waals surface area contributed by atoms with Crippen LogP contribution < -0.4 is 0 Å². The summed E-state index contributed by atoms with van der Waals surface area (Å²) in [6.07, 6.45) is 0.337. The molecule has 0 spiro atoms. The maximum absolute atomic E-state index is 8.52. The molecule has 12 rings (SSSR count). The molecule has 6 heterocycles. The molecule has 24 N–H and O–H groups in total. The van der Waals surface area contributed by atoms with Gasteiger partial charge in [0.25, 0.3) is 0 Å². The number of aromatic nitrogens is 6. The second kappa shape index (κ2) is 78.0. The van der Waals surface area contributed by atoms with Crippen LogP contribution in [0.2, 0.25) is 0 Å². The Balaban J connectivity index is -0.000000261. The van der Waals surface area contributed by atoms with Crippen LogP contribution in [0.4, 0.5) is 0 Å². The van der Waals surface area contributed by atoms with Crippen LogP contribution in [0.1, 0.15) is 105 Å². The third-order valence-corrected chi connectivity index (χ3v) is 19.0. The van der Waals surface area contributed by atoms with E-state index in [4.69, 9.17) is 61.3 Å². The van der Waals surface area contributed by atoms with Crippen molar-refractivity contribution < 1.29 is 94.1 Å². The Hall–Kier alpha value is -5.71. The van der Waals surface area contributed by atoms with Crippen LogP contribution in [0.5, 0.6) is 0 Å². The number of pyridine rings is 6. The zero-order valence-electron chi connectivity index (χ0n) is 58.9. The summed E-state index contributed by atoms with van der Waals surface area (Å²) in [6, 6.07) is 93.0. The van der Waals surface area contributed by atoms with Crippen molar-refractivity contribution in [2.75, 3.05) is 0 Å². The Morgan fingerprint density at radius 2 is 0.269 bits per heavy atom. The fourth-order valence-corrected chi connectivity index (χ4v) is 10.8. The summed E-state index contributed by atoms with van der Waals surface area (Å²) < 4.78 is 7.38. The van der Waals surface area contributed by atoms with Gasteiger partial charge in [-0.05, 0) is 72.8 Å². The van der Waals surface area contributed by atoms with E-state index < -0.39 is 37.7 Å². The molecule has 6 aromatic heterocycles. The van der Waals surface area contributed by atoms with E-state index in [9.17, 15) is 0 Å². The topological polar surface area (TPSA) is 509 Å². The molecule has 30 heteroatoms. The van der Waals surface area contributed by atoms with E-state index in [0.29, 0.717) is 0 Å². The summed E-state index contributed by atoms with van der Waals surface area (Å²) in [5.41, 5.74) is 10.4. The van der Waals surface area contributed by atoms with E-state index in [-0.39, 0.29) is 67.0 Å². The average Bonchev–Trinajstić information content (AvgIpc) is 0.953. The SMILES string of the molecule is O.O.O.O.O.O.OC(O)c1ccccn1.OC(O)c1ccccn1.OC(O)c1ccccn1.OC(O)c1ccccn1.OC(O)c1ccccn1.OC(O)c1ccccn1.[Sn][CH2]c1ccccc1.[Sn][CH2]c1ccccc1.[Sn][CH2]c1ccccc1.[Sn][CH2]c1ccccc1.[Sn][CH2]c1ccccc1.[Sn][CH2]c1ccccc1. The minimum absolute atomic E-state index is 0. The standard InChI is InChI=1S/6C7H7.6C6H7NO2.6H2O.6Sn/c6*1-7-5-3-2-4-6-7;6*8-6(9)5-3-1-2-4-7-5;;;;;;;;;;;;/h6*2-6H,1H2;6*1-4,6,8-9H;6*1H2;;;;;;. The van der Waals surface area contributed by atoms with Gasteiger partial charge >= 0.3 is 377 Å². The molecular weight excluding hydrogens is 2020 g/mol. The first-order valence-corrected chi connectivity index (χ1v) is 43.3. The number of benzene rings is 6. The zero-order valence-corrected chi connectivity index (χ0v) is 76.1. The molecule has 108 heavy (non-hydrogen) atoms. The molecule has 0 saturated carbocycles. The number of nitrogens with zero attached hydrogens (tertiary/aromatic N) is 6. The van der Waals surface area contributed by atoms with Gasteiger partial charge in [-0.3, -0.25) is 29.9 Å².